The Bertz CT molecular complexity index is 2780. The third kappa shape index (κ3) is 4.22. The molecule has 0 bridgehead atoms. The molecule has 10 aromatic rings. The summed E-state index contributed by atoms with van der Waals surface area (Å²) in [6.07, 6.45) is 0. The molecule has 3 aromatic heterocycles. The summed E-state index contributed by atoms with van der Waals surface area (Å²) in [5.74, 6) is 1.80. The summed E-state index contributed by atoms with van der Waals surface area (Å²) in [6.45, 7) is 0. The normalized spacial score (nSPS) is 11.8. The van der Waals surface area contributed by atoms with Crippen LogP contribution in [0.15, 0.2) is 160 Å². The van der Waals surface area contributed by atoms with Gasteiger partial charge in [-0.2, -0.15) is 0 Å². The van der Waals surface area contributed by atoms with E-state index in [1.165, 1.54) is 0 Å². The van der Waals surface area contributed by atoms with Gasteiger partial charge in [0, 0.05) is 38.2 Å². The summed E-state index contributed by atoms with van der Waals surface area (Å²) in [5.41, 5.74) is 8.02. The molecule has 0 aliphatic rings. The third-order valence-corrected chi connectivity index (χ3v) is 9.09. The summed E-state index contributed by atoms with van der Waals surface area (Å²) < 4.78 is 13.0. The topological polar surface area (TPSA) is 65.0 Å². The molecule has 0 unspecified atom stereocenters. The maximum atomic E-state index is 6.70. The molecular weight excluding hydrogens is 590 g/mol. The Hall–Kier alpha value is -6.59. The number of aromatic nitrogens is 3. The lowest BCUT2D eigenvalue weighted by molar-refractivity contribution is 0.668. The molecular formula is C43H25N3O2. The van der Waals surface area contributed by atoms with Crippen LogP contribution in [0.4, 0.5) is 0 Å². The van der Waals surface area contributed by atoms with E-state index in [4.69, 9.17) is 23.8 Å². The molecule has 0 spiro atoms. The Morgan fingerprint density at radius 2 is 0.917 bits per heavy atom. The summed E-state index contributed by atoms with van der Waals surface area (Å²) in [4.78, 5) is 15.3. The van der Waals surface area contributed by atoms with Gasteiger partial charge in [-0.15, -0.1) is 0 Å². The van der Waals surface area contributed by atoms with Crippen molar-refractivity contribution in [3.8, 4) is 45.3 Å². The minimum Gasteiger partial charge on any atom is -0.456 e. The third-order valence-electron chi connectivity index (χ3n) is 9.09. The van der Waals surface area contributed by atoms with E-state index in [0.29, 0.717) is 17.5 Å². The second-order valence-corrected chi connectivity index (χ2v) is 12.0. The number of hydrogen-bond acceptors (Lipinski definition) is 5. The SMILES string of the molecule is c1ccc(-c2nc(-c3ccccc3)nc(-c3cc(-c4cccc5oc6ccccc6c45)cc4oc5cc6ccccc6cc5c34)n2)cc1. The van der Waals surface area contributed by atoms with E-state index < -0.39 is 0 Å². The van der Waals surface area contributed by atoms with Crippen molar-refractivity contribution in [1.82, 2.24) is 15.0 Å². The smallest absolute Gasteiger partial charge is 0.164 e. The van der Waals surface area contributed by atoms with Crippen LogP contribution in [-0.2, 0) is 0 Å². The van der Waals surface area contributed by atoms with Gasteiger partial charge in [-0.25, -0.2) is 15.0 Å². The fourth-order valence-corrected chi connectivity index (χ4v) is 6.87. The van der Waals surface area contributed by atoms with Crippen molar-refractivity contribution in [1.29, 1.82) is 0 Å². The van der Waals surface area contributed by atoms with E-state index in [-0.39, 0.29) is 0 Å². The molecule has 5 nitrogen and oxygen atoms in total. The van der Waals surface area contributed by atoms with Crippen LogP contribution in [0.5, 0.6) is 0 Å². The van der Waals surface area contributed by atoms with Gasteiger partial charge in [0.1, 0.15) is 22.3 Å². The molecule has 48 heavy (non-hydrogen) atoms. The highest BCUT2D eigenvalue weighted by atomic mass is 16.3. The zero-order valence-corrected chi connectivity index (χ0v) is 25.6. The van der Waals surface area contributed by atoms with Crippen LogP contribution >= 0.6 is 0 Å². The van der Waals surface area contributed by atoms with Crippen LogP contribution in [0.1, 0.15) is 0 Å². The van der Waals surface area contributed by atoms with Crippen molar-refractivity contribution in [3.63, 3.8) is 0 Å². The minimum absolute atomic E-state index is 0.578. The number of rotatable bonds is 4. The second-order valence-electron chi connectivity index (χ2n) is 12.0. The van der Waals surface area contributed by atoms with Crippen molar-refractivity contribution >= 4 is 54.6 Å². The van der Waals surface area contributed by atoms with Gasteiger partial charge in [0.2, 0.25) is 0 Å². The van der Waals surface area contributed by atoms with E-state index in [1.807, 2.05) is 91.0 Å². The van der Waals surface area contributed by atoms with Crippen LogP contribution < -0.4 is 0 Å². The fraction of sp³-hybridized carbons (Fsp3) is 0. The fourth-order valence-electron chi connectivity index (χ4n) is 6.87. The van der Waals surface area contributed by atoms with E-state index in [0.717, 1.165) is 82.5 Å². The number of para-hydroxylation sites is 1. The van der Waals surface area contributed by atoms with Gasteiger partial charge in [-0.05, 0) is 58.3 Å². The van der Waals surface area contributed by atoms with Crippen LogP contribution in [0.3, 0.4) is 0 Å². The molecule has 3 heterocycles. The molecule has 0 N–H and O–H groups in total. The average Bonchev–Trinajstić information content (AvgIpc) is 3.72. The second kappa shape index (κ2) is 10.5. The summed E-state index contributed by atoms with van der Waals surface area (Å²) in [6, 6.07) is 51.6. The molecule has 0 radical (unpaired) electrons. The van der Waals surface area contributed by atoms with Gasteiger partial charge >= 0.3 is 0 Å². The van der Waals surface area contributed by atoms with Gasteiger partial charge < -0.3 is 8.83 Å². The van der Waals surface area contributed by atoms with Crippen molar-refractivity contribution in [2.45, 2.75) is 0 Å². The van der Waals surface area contributed by atoms with Crippen molar-refractivity contribution in [2.75, 3.05) is 0 Å². The van der Waals surface area contributed by atoms with Crippen LogP contribution in [0, 0.1) is 0 Å². The Labute approximate surface area is 274 Å². The zero-order valence-electron chi connectivity index (χ0n) is 25.6. The summed E-state index contributed by atoms with van der Waals surface area (Å²) in [5, 5.41) is 6.37. The average molecular weight is 616 g/mol. The first-order valence-corrected chi connectivity index (χ1v) is 15.9. The number of fused-ring (bicyclic) bond motifs is 7. The Morgan fingerprint density at radius 1 is 0.333 bits per heavy atom. The molecule has 5 heteroatoms. The summed E-state index contributed by atoms with van der Waals surface area (Å²) >= 11 is 0. The highest BCUT2D eigenvalue weighted by molar-refractivity contribution is 6.18. The maximum absolute atomic E-state index is 6.70. The van der Waals surface area contributed by atoms with E-state index in [2.05, 4.69) is 60.7 Å². The van der Waals surface area contributed by atoms with Crippen molar-refractivity contribution < 1.29 is 8.83 Å². The van der Waals surface area contributed by atoms with E-state index in [9.17, 15) is 0 Å². The molecule has 0 aliphatic carbocycles. The number of benzene rings is 7. The first kappa shape index (κ1) is 26.6. The number of hydrogen-bond donors (Lipinski definition) is 0. The van der Waals surface area contributed by atoms with Crippen LogP contribution in [0.2, 0.25) is 0 Å². The molecule has 10 rings (SSSR count). The van der Waals surface area contributed by atoms with Crippen molar-refractivity contribution in [2.24, 2.45) is 0 Å². The quantitative estimate of drug-likeness (QED) is 0.197. The largest absolute Gasteiger partial charge is 0.456 e. The van der Waals surface area contributed by atoms with Gasteiger partial charge in [0.05, 0.1) is 0 Å². The predicted molar refractivity (Wildman–Crippen MR) is 194 cm³/mol. The lowest BCUT2D eigenvalue weighted by Gasteiger charge is -2.11. The molecule has 224 valence electrons. The predicted octanol–water partition coefficient (Wildman–Crippen LogP) is 11.5. The lowest BCUT2D eigenvalue weighted by Crippen LogP contribution is -2.00. The lowest BCUT2D eigenvalue weighted by atomic mass is 9.95. The highest BCUT2D eigenvalue weighted by Crippen LogP contribution is 2.43. The van der Waals surface area contributed by atoms with Crippen molar-refractivity contribution in [3.05, 3.63) is 152 Å². The molecule has 0 saturated carbocycles. The maximum Gasteiger partial charge on any atom is 0.164 e. The Balaban J connectivity index is 1.32. The first-order chi connectivity index (χ1) is 23.8. The van der Waals surface area contributed by atoms with Gasteiger partial charge in [0.15, 0.2) is 17.5 Å². The molecule has 0 amide bonds. The minimum atomic E-state index is 0.578. The number of nitrogens with zero attached hydrogens (tertiary/aromatic N) is 3. The Kier molecular flexibility index (Phi) is 5.81. The van der Waals surface area contributed by atoms with Crippen LogP contribution in [-0.4, -0.2) is 15.0 Å². The monoisotopic (exact) mass is 615 g/mol. The van der Waals surface area contributed by atoms with Crippen LogP contribution in [0.25, 0.3) is 99.9 Å². The van der Waals surface area contributed by atoms with E-state index in [1.54, 1.807) is 0 Å². The number of furan rings is 2. The molecule has 7 aromatic carbocycles. The molecule has 0 atom stereocenters. The molecule has 0 fully saturated rings. The zero-order chi connectivity index (χ0) is 31.6. The first-order valence-electron chi connectivity index (χ1n) is 15.9. The van der Waals surface area contributed by atoms with Gasteiger partial charge in [-0.1, -0.05) is 115 Å². The Morgan fingerprint density at radius 3 is 1.67 bits per heavy atom. The molecule has 0 aliphatic heterocycles. The molecule has 0 saturated heterocycles. The highest BCUT2D eigenvalue weighted by Gasteiger charge is 2.21. The van der Waals surface area contributed by atoms with Gasteiger partial charge in [0.25, 0.3) is 0 Å². The standard InChI is InChI=1S/C43H25N3O2/c1-3-12-26(13-4-1)41-44-42(27-14-5-2-6-15-27)46-43(45-41)34-23-30(31-19-11-21-36-39(31)32-18-9-10-20-35(32)47-36)25-38-40(34)33-22-28-16-7-8-17-29(28)24-37(33)48-38/h1-25H. The summed E-state index contributed by atoms with van der Waals surface area (Å²) in [7, 11) is 0. The van der Waals surface area contributed by atoms with E-state index >= 15 is 0 Å². The van der Waals surface area contributed by atoms with Gasteiger partial charge in [-0.3, -0.25) is 0 Å².